The van der Waals surface area contributed by atoms with E-state index in [1.165, 1.54) is 4.90 Å². The number of fused-ring (bicyclic) bond motifs is 2. The van der Waals surface area contributed by atoms with Gasteiger partial charge in [0.1, 0.15) is 6.04 Å². The molecule has 3 fully saturated rings. The van der Waals surface area contributed by atoms with E-state index in [9.17, 15) is 13.2 Å². The normalized spacial score (nSPS) is 25.3. The monoisotopic (exact) mass is 444 g/mol. The molecule has 0 aromatic carbocycles. The van der Waals surface area contributed by atoms with Crippen LogP contribution in [-0.2, 0) is 21.1 Å². The first-order chi connectivity index (χ1) is 14.4. The van der Waals surface area contributed by atoms with Crippen molar-refractivity contribution < 1.29 is 26.5 Å². The average Bonchev–Trinajstić information content (AvgIpc) is 3.27. The molecule has 0 unspecified atom stereocenters. The highest BCUT2D eigenvalue weighted by atomic mass is 32.3. The number of nitrogens with zero attached hydrogens (tertiary/aromatic N) is 4. The summed E-state index contributed by atoms with van der Waals surface area (Å²) >= 11 is 0. The Morgan fingerprint density at radius 1 is 1.20 bits per heavy atom. The molecule has 3 aliphatic rings. The Morgan fingerprint density at radius 2 is 2.00 bits per heavy atom. The molecular weight excluding hydrogens is 416 g/mol. The zero-order chi connectivity index (χ0) is 21.1. The standard InChI is InChI=1S/C17H28N6O6S/c24-17-22-11-13(23(17)29-30(25,26)27)4-5-14(22)16-21-20-15(28-16)3-1-2-8-19-12-6-9-18-10-7-12/h12-14,18-19H,1-11H2,(H,25,26,27)/t13-,14+/m1/s1. The first kappa shape index (κ1) is 21.4. The number of hydrogen-bond acceptors (Lipinski definition) is 9. The number of unbranched alkanes of at least 4 members (excludes halogenated alkanes) is 1. The average molecular weight is 445 g/mol. The molecule has 0 radical (unpaired) electrons. The summed E-state index contributed by atoms with van der Waals surface area (Å²) in [6.45, 7) is 3.38. The second-order valence-electron chi connectivity index (χ2n) is 7.98. The molecule has 0 saturated carbocycles. The molecule has 3 saturated heterocycles. The molecule has 4 heterocycles. The molecule has 4 rings (SSSR count). The van der Waals surface area contributed by atoms with Crippen molar-refractivity contribution in [1.29, 1.82) is 0 Å². The van der Waals surface area contributed by atoms with Crippen LogP contribution in [0, 0.1) is 0 Å². The van der Waals surface area contributed by atoms with Gasteiger partial charge in [-0.3, -0.25) is 4.55 Å². The fraction of sp³-hybridized carbons (Fsp3) is 0.824. The van der Waals surface area contributed by atoms with Gasteiger partial charge in [-0.15, -0.1) is 14.5 Å². The molecule has 168 valence electrons. The predicted octanol–water partition coefficient (Wildman–Crippen LogP) is 0.409. The molecule has 30 heavy (non-hydrogen) atoms. The summed E-state index contributed by atoms with van der Waals surface area (Å²) in [6, 6.07) is -0.903. The summed E-state index contributed by atoms with van der Waals surface area (Å²) in [4.78, 5) is 13.9. The van der Waals surface area contributed by atoms with Crippen molar-refractivity contribution in [3.8, 4) is 0 Å². The Kier molecular flexibility index (Phi) is 6.53. The second-order valence-corrected chi connectivity index (χ2v) is 8.98. The van der Waals surface area contributed by atoms with E-state index in [0.29, 0.717) is 42.1 Å². The van der Waals surface area contributed by atoms with Crippen molar-refractivity contribution in [2.75, 3.05) is 26.2 Å². The lowest BCUT2D eigenvalue weighted by molar-refractivity contribution is -0.0317. The Hall–Kier alpha value is -1.80. The lowest BCUT2D eigenvalue weighted by Crippen LogP contribution is -2.40. The van der Waals surface area contributed by atoms with Gasteiger partial charge in [-0.25, -0.2) is 4.79 Å². The van der Waals surface area contributed by atoms with Crippen molar-refractivity contribution in [2.45, 2.75) is 63.1 Å². The largest absolute Gasteiger partial charge is 0.423 e. The fourth-order valence-electron chi connectivity index (χ4n) is 4.32. The molecule has 1 aromatic heterocycles. The van der Waals surface area contributed by atoms with Gasteiger partial charge in [-0.2, -0.15) is 13.5 Å². The number of aromatic nitrogens is 2. The highest BCUT2D eigenvalue weighted by molar-refractivity contribution is 7.80. The summed E-state index contributed by atoms with van der Waals surface area (Å²) in [6.07, 6.45) is 5.98. The number of rotatable bonds is 9. The molecule has 3 aliphatic heterocycles. The maximum absolute atomic E-state index is 12.5. The minimum Gasteiger partial charge on any atom is -0.423 e. The number of nitrogens with one attached hydrogen (secondary N) is 2. The van der Waals surface area contributed by atoms with Crippen LogP contribution in [0.3, 0.4) is 0 Å². The van der Waals surface area contributed by atoms with Crippen molar-refractivity contribution in [1.82, 2.24) is 30.8 Å². The van der Waals surface area contributed by atoms with Crippen LogP contribution in [0.2, 0.25) is 0 Å². The minimum absolute atomic E-state index is 0.277. The van der Waals surface area contributed by atoms with Crippen LogP contribution in [0.1, 0.15) is 56.3 Å². The Morgan fingerprint density at radius 3 is 2.77 bits per heavy atom. The number of carbonyl (C=O) groups excluding carboxylic acids is 1. The summed E-state index contributed by atoms with van der Waals surface area (Å²) < 4.78 is 41.1. The zero-order valence-corrected chi connectivity index (χ0v) is 17.5. The predicted molar refractivity (Wildman–Crippen MR) is 103 cm³/mol. The molecule has 2 amide bonds. The molecule has 13 heteroatoms. The van der Waals surface area contributed by atoms with Gasteiger partial charge < -0.3 is 20.0 Å². The Bertz CT molecular complexity index is 842. The maximum atomic E-state index is 12.5. The quantitative estimate of drug-likeness (QED) is 0.361. The number of carbonyl (C=O) groups is 1. The molecule has 12 nitrogen and oxygen atoms in total. The second kappa shape index (κ2) is 9.14. The summed E-state index contributed by atoms with van der Waals surface area (Å²) in [7, 11) is -4.76. The number of piperidine rings is 2. The Balaban J connectivity index is 1.25. The summed E-state index contributed by atoms with van der Waals surface area (Å²) in [5.41, 5.74) is 0. The molecule has 0 spiro atoms. The van der Waals surface area contributed by atoms with E-state index in [4.69, 9.17) is 8.97 Å². The lowest BCUT2D eigenvalue weighted by atomic mass is 10.0. The van der Waals surface area contributed by atoms with E-state index < -0.39 is 28.5 Å². The summed E-state index contributed by atoms with van der Waals surface area (Å²) in [5, 5.41) is 15.8. The number of aryl methyl sites for hydroxylation is 1. The van der Waals surface area contributed by atoms with Crippen molar-refractivity contribution in [3.05, 3.63) is 11.8 Å². The van der Waals surface area contributed by atoms with Gasteiger partial charge >= 0.3 is 16.4 Å². The SMILES string of the molecule is O=C1N2C[C@@H](CC[C@H]2c2nnc(CCCCNC3CCNCC3)o2)N1OS(=O)(=O)O. The van der Waals surface area contributed by atoms with Crippen LogP contribution in [0.25, 0.3) is 0 Å². The van der Waals surface area contributed by atoms with Gasteiger partial charge in [0.2, 0.25) is 11.8 Å². The lowest BCUT2D eigenvalue weighted by Gasteiger charge is -2.27. The van der Waals surface area contributed by atoms with Crippen LogP contribution in [0.15, 0.2) is 4.42 Å². The van der Waals surface area contributed by atoms with Crippen LogP contribution in [-0.4, -0.2) is 77.4 Å². The first-order valence-electron chi connectivity index (χ1n) is 10.4. The molecular formula is C17H28N6O6S. The number of hydrogen-bond donors (Lipinski definition) is 3. The van der Waals surface area contributed by atoms with Crippen molar-refractivity contribution >= 4 is 16.4 Å². The fourth-order valence-corrected chi connectivity index (χ4v) is 4.71. The highest BCUT2D eigenvalue weighted by Gasteiger charge is 2.49. The smallest absolute Gasteiger partial charge is 0.418 e. The van der Waals surface area contributed by atoms with Crippen molar-refractivity contribution in [2.24, 2.45) is 0 Å². The van der Waals surface area contributed by atoms with Gasteiger partial charge in [0.25, 0.3) is 0 Å². The third kappa shape index (κ3) is 5.09. The molecule has 2 bridgehead atoms. The molecule has 3 N–H and O–H groups in total. The molecule has 1 aromatic rings. The number of hydroxylamine groups is 2. The van der Waals surface area contributed by atoms with Crippen LogP contribution < -0.4 is 10.6 Å². The zero-order valence-electron chi connectivity index (χ0n) is 16.7. The Labute approximate surface area is 175 Å². The van der Waals surface area contributed by atoms with Crippen LogP contribution in [0.5, 0.6) is 0 Å². The maximum Gasteiger partial charge on any atom is 0.418 e. The van der Waals surface area contributed by atoms with E-state index in [2.05, 4.69) is 25.1 Å². The van der Waals surface area contributed by atoms with E-state index >= 15 is 0 Å². The van der Waals surface area contributed by atoms with Gasteiger partial charge in [0.15, 0.2) is 0 Å². The van der Waals surface area contributed by atoms with Crippen molar-refractivity contribution in [3.63, 3.8) is 0 Å². The third-order valence-electron chi connectivity index (χ3n) is 5.85. The number of urea groups is 1. The molecule has 0 aliphatic carbocycles. The first-order valence-corrected chi connectivity index (χ1v) is 11.8. The van der Waals surface area contributed by atoms with E-state index in [0.717, 1.165) is 45.3 Å². The van der Waals surface area contributed by atoms with Gasteiger partial charge in [0, 0.05) is 19.0 Å². The molecule has 2 atom stereocenters. The highest BCUT2D eigenvalue weighted by Crippen LogP contribution is 2.38. The van der Waals surface area contributed by atoms with Gasteiger partial charge in [-0.05, 0) is 58.2 Å². The van der Waals surface area contributed by atoms with E-state index in [-0.39, 0.29) is 6.54 Å². The van der Waals surface area contributed by atoms with Crippen LogP contribution in [0.4, 0.5) is 4.79 Å². The minimum atomic E-state index is -4.76. The topological polar surface area (TPSA) is 150 Å². The number of amides is 2. The van der Waals surface area contributed by atoms with E-state index in [1.807, 2.05) is 0 Å². The summed E-state index contributed by atoms with van der Waals surface area (Å²) in [5.74, 6) is 0.880. The van der Waals surface area contributed by atoms with Gasteiger partial charge in [0.05, 0.1) is 6.04 Å². The van der Waals surface area contributed by atoms with Gasteiger partial charge in [-0.1, -0.05) is 0 Å². The third-order valence-corrected chi connectivity index (χ3v) is 6.20. The van der Waals surface area contributed by atoms with E-state index in [1.54, 1.807) is 0 Å². The van der Waals surface area contributed by atoms with Crippen LogP contribution >= 0.6 is 0 Å².